The van der Waals surface area contributed by atoms with E-state index in [9.17, 15) is 4.79 Å². The van der Waals surface area contributed by atoms with Crippen LogP contribution in [0.2, 0.25) is 0 Å². The number of methoxy groups -OCH3 is 1. The molecule has 1 aromatic carbocycles. The molecule has 82 valence electrons. The maximum absolute atomic E-state index is 11.6. The Labute approximate surface area is 90.2 Å². The summed E-state index contributed by atoms with van der Waals surface area (Å²) in [5, 5.41) is 0. The summed E-state index contributed by atoms with van der Waals surface area (Å²) in [4.78, 5) is 11.6. The summed E-state index contributed by atoms with van der Waals surface area (Å²) in [5.41, 5.74) is 6.96. The minimum atomic E-state index is -0.0886. The van der Waals surface area contributed by atoms with Gasteiger partial charge in [-0.25, -0.2) is 0 Å². The van der Waals surface area contributed by atoms with Crippen LogP contribution in [-0.2, 0) is 0 Å². The molecule has 0 amide bonds. The number of carbonyl (C=O) groups excluding carboxylic acids is 1. The standard InChI is InChI=1S/C12H17NO2/c1-8(2)9-5-4-6-10(11(14)7-13)12(9)15-3/h4-6,8H,7,13H2,1-3H3. The van der Waals surface area contributed by atoms with Crippen LogP contribution in [0, 0.1) is 0 Å². The van der Waals surface area contributed by atoms with Crippen LogP contribution in [0.5, 0.6) is 5.75 Å². The highest BCUT2D eigenvalue weighted by Crippen LogP contribution is 2.29. The molecule has 0 aliphatic carbocycles. The zero-order chi connectivity index (χ0) is 11.4. The summed E-state index contributed by atoms with van der Waals surface area (Å²) < 4.78 is 5.28. The van der Waals surface area contributed by atoms with Crippen LogP contribution in [0.15, 0.2) is 18.2 Å². The number of rotatable bonds is 4. The van der Waals surface area contributed by atoms with Gasteiger partial charge in [0, 0.05) is 0 Å². The van der Waals surface area contributed by atoms with E-state index in [1.165, 1.54) is 0 Å². The number of benzene rings is 1. The Bertz CT molecular complexity index is 359. The monoisotopic (exact) mass is 207 g/mol. The fourth-order valence-electron chi connectivity index (χ4n) is 1.57. The van der Waals surface area contributed by atoms with Crippen LogP contribution < -0.4 is 10.5 Å². The zero-order valence-corrected chi connectivity index (χ0v) is 9.41. The second-order valence-corrected chi connectivity index (χ2v) is 3.71. The average Bonchev–Trinajstić information content (AvgIpc) is 2.26. The zero-order valence-electron chi connectivity index (χ0n) is 9.41. The quantitative estimate of drug-likeness (QED) is 0.768. The van der Waals surface area contributed by atoms with E-state index in [4.69, 9.17) is 10.5 Å². The number of carbonyl (C=O) groups is 1. The van der Waals surface area contributed by atoms with Gasteiger partial charge in [0.15, 0.2) is 5.78 Å². The number of ketones is 1. The predicted octanol–water partition coefficient (Wildman–Crippen LogP) is 1.96. The summed E-state index contributed by atoms with van der Waals surface area (Å²) in [7, 11) is 1.58. The fourth-order valence-corrected chi connectivity index (χ4v) is 1.57. The van der Waals surface area contributed by atoms with Gasteiger partial charge in [-0.15, -0.1) is 0 Å². The largest absolute Gasteiger partial charge is 0.496 e. The van der Waals surface area contributed by atoms with Crippen LogP contribution >= 0.6 is 0 Å². The minimum absolute atomic E-state index is 0.0118. The van der Waals surface area contributed by atoms with Gasteiger partial charge in [0.2, 0.25) is 0 Å². The molecule has 0 bridgehead atoms. The van der Waals surface area contributed by atoms with Gasteiger partial charge in [-0.1, -0.05) is 26.0 Å². The molecule has 0 heterocycles. The molecule has 3 heteroatoms. The average molecular weight is 207 g/mol. The van der Waals surface area contributed by atoms with Crippen molar-refractivity contribution < 1.29 is 9.53 Å². The van der Waals surface area contributed by atoms with Gasteiger partial charge in [-0.2, -0.15) is 0 Å². The SMILES string of the molecule is COc1c(C(=O)CN)cccc1C(C)C. The summed E-state index contributed by atoms with van der Waals surface area (Å²) in [6.07, 6.45) is 0. The highest BCUT2D eigenvalue weighted by molar-refractivity contribution is 6.00. The van der Waals surface area contributed by atoms with E-state index in [2.05, 4.69) is 13.8 Å². The van der Waals surface area contributed by atoms with Gasteiger partial charge < -0.3 is 10.5 Å². The number of hydrogen-bond donors (Lipinski definition) is 1. The maximum Gasteiger partial charge on any atom is 0.180 e. The van der Waals surface area contributed by atoms with Gasteiger partial charge in [0.1, 0.15) is 5.75 Å². The van der Waals surface area contributed by atoms with Crippen molar-refractivity contribution in [1.82, 2.24) is 0 Å². The lowest BCUT2D eigenvalue weighted by atomic mass is 9.97. The van der Waals surface area contributed by atoms with Crippen LogP contribution in [0.3, 0.4) is 0 Å². The molecule has 0 radical (unpaired) electrons. The lowest BCUT2D eigenvalue weighted by Crippen LogP contribution is -2.15. The second kappa shape index (κ2) is 4.94. The molecule has 3 nitrogen and oxygen atoms in total. The molecule has 15 heavy (non-hydrogen) atoms. The van der Waals surface area contributed by atoms with Crippen LogP contribution in [-0.4, -0.2) is 19.4 Å². The highest BCUT2D eigenvalue weighted by atomic mass is 16.5. The first-order valence-corrected chi connectivity index (χ1v) is 5.02. The molecule has 1 aromatic rings. The molecule has 0 aromatic heterocycles. The Morgan fingerprint density at radius 3 is 2.60 bits per heavy atom. The maximum atomic E-state index is 11.6. The number of Topliss-reactive ketones (excluding diaryl/α,β-unsaturated/α-hetero) is 1. The molecule has 0 aliphatic rings. The van der Waals surface area contributed by atoms with Crippen molar-refractivity contribution in [3.8, 4) is 5.75 Å². The molecular formula is C12H17NO2. The summed E-state index contributed by atoms with van der Waals surface area (Å²) in [6, 6.07) is 5.58. The molecular weight excluding hydrogens is 190 g/mol. The van der Waals surface area contributed by atoms with Gasteiger partial charge in [0.05, 0.1) is 19.2 Å². The molecule has 0 atom stereocenters. The first kappa shape index (κ1) is 11.7. The van der Waals surface area contributed by atoms with E-state index in [1.54, 1.807) is 13.2 Å². The number of ether oxygens (including phenoxy) is 1. The van der Waals surface area contributed by atoms with Crippen molar-refractivity contribution >= 4 is 5.78 Å². The predicted molar refractivity (Wildman–Crippen MR) is 60.5 cm³/mol. The van der Waals surface area contributed by atoms with E-state index in [-0.39, 0.29) is 12.3 Å². The lowest BCUT2D eigenvalue weighted by molar-refractivity contribution is 0.0998. The fraction of sp³-hybridized carbons (Fsp3) is 0.417. The van der Waals surface area contributed by atoms with Crippen LogP contribution in [0.1, 0.15) is 35.7 Å². The molecule has 0 fully saturated rings. The highest BCUT2D eigenvalue weighted by Gasteiger charge is 2.15. The van der Waals surface area contributed by atoms with Gasteiger partial charge in [-0.05, 0) is 17.5 Å². The Kier molecular flexibility index (Phi) is 3.86. The van der Waals surface area contributed by atoms with Crippen molar-refractivity contribution in [2.24, 2.45) is 5.73 Å². The van der Waals surface area contributed by atoms with Crippen LogP contribution in [0.25, 0.3) is 0 Å². The van der Waals surface area contributed by atoms with Crippen molar-refractivity contribution in [3.05, 3.63) is 29.3 Å². The minimum Gasteiger partial charge on any atom is -0.496 e. The Morgan fingerprint density at radius 1 is 1.47 bits per heavy atom. The molecule has 0 saturated heterocycles. The van der Waals surface area contributed by atoms with Crippen molar-refractivity contribution in [3.63, 3.8) is 0 Å². The van der Waals surface area contributed by atoms with E-state index >= 15 is 0 Å². The molecule has 2 N–H and O–H groups in total. The molecule has 0 aliphatic heterocycles. The third kappa shape index (κ3) is 2.36. The van der Waals surface area contributed by atoms with E-state index in [1.807, 2.05) is 12.1 Å². The summed E-state index contributed by atoms with van der Waals surface area (Å²) >= 11 is 0. The first-order valence-electron chi connectivity index (χ1n) is 5.02. The van der Waals surface area contributed by atoms with Gasteiger partial charge >= 0.3 is 0 Å². The number of nitrogens with two attached hydrogens (primary N) is 1. The van der Waals surface area contributed by atoms with Crippen LogP contribution in [0.4, 0.5) is 0 Å². The first-order chi connectivity index (χ1) is 7.11. The van der Waals surface area contributed by atoms with Crippen molar-refractivity contribution in [2.45, 2.75) is 19.8 Å². The van der Waals surface area contributed by atoms with E-state index in [0.717, 1.165) is 5.56 Å². The number of hydrogen-bond acceptors (Lipinski definition) is 3. The Hall–Kier alpha value is -1.35. The smallest absolute Gasteiger partial charge is 0.180 e. The molecule has 0 saturated carbocycles. The normalized spacial score (nSPS) is 10.5. The van der Waals surface area contributed by atoms with Gasteiger partial charge in [-0.3, -0.25) is 4.79 Å². The third-order valence-electron chi connectivity index (χ3n) is 2.36. The van der Waals surface area contributed by atoms with E-state index < -0.39 is 0 Å². The van der Waals surface area contributed by atoms with Crippen molar-refractivity contribution in [2.75, 3.05) is 13.7 Å². The second-order valence-electron chi connectivity index (χ2n) is 3.71. The molecule has 0 spiro atoms. The number of para-hydroxylation sites is 1. The molecule has 0 unspecified atom stereocenters. The van der Waals surface area contributed by atoms with Crippen molar-refractivity contribution in [1.29, 1.82) is 0 Å². The Morgan fingerprint density at radius 2 is 2.13 bits per heavy atom. The molecule has 1 rings (SSSR count). The summed E-state index contributed by atoms with van der Waals surface area (Å²) in [6.45, 7) is 4.14. The lowest BCUT2D eigenvalue weighted by Gasteiger charge is -2.14. The topological polar surface area (TPSA) is 52.3 Å². The van der Waals surface area contributed by atoms with E-state index in [0.29, 0.717) is 17.2 Å². The third-order valence-corrected chi connectivity index (χ3v) is 2.36. The van der Waals surface area contributed by atoms with Gasteiger partial charge in [0.25, 0.3) is 0 Å². The Balaban J connectivity index is 3.28. The summed E-state index contributed by atoms with van der Waals surface area (Å²) in [5.74, 6) is 0.891.